The zero-order valence-electron chi connectivity index (χ0n) is 10.0. The van der Waals surface area contributed by atoms with Crippen molar-refractivity contribution < 1.29 is 9.32 Å². The molecule has 0 heterocycles. The molecule has 3 heteroatoms. The molecule has 0 radical (unpaired) electrons. The molecule has 0 bridgehead atoms. The van der Waals surface area contributed by atoms with Crippen LogP contribution in [0.4, 0.5) is 0 Å². The summed E-state index contributed by atoms with van der Waals surface area (Å²) in [6.45, 7) is 2.40. The highest BCUT2D eigenvalue weighted by Gasteiger charge is 1.98. The maximum absolute atomic E-state index is 11.3. The second kappa shape index (κ2) is 12.2. The van der Waals surface area contributed by atoms with Crippen LogP contribution in [0, 0.1) is 0 Å². The largest absolute Gasteiger partial charge is 0.396 e. The molecular formula is C12H26O2S. The maximum atomic E-state index is 11.3. The van der Waals surface area contributed by atoms with Crippen LogP contribution in [0.3, 0.4) is 0 Å². The van der Waals surface area contributed by atoms with Gasteiger partial charge in [0.2, 0.25) is 0 Å². The van der Waals surface area contributed by atoms with Crippen LogP contribution in [-0.4, -0.2) is 27.4 Å². The zero-order valence-corrected chi connectivity index (χ0v) is 10.9. The van der Waals surface area contributed by atoms with Crippen LogP contribution in [-0.2, 0) is 10.8 Å². The third-order valence-electron chi connectivity index (χ3n) is 2.51. The molecule has 0 saturated heterocycles. The first kappa shape index (κ1) is 15.1. The number of hydrogen-bond donors (Lipinski definition) is 1. The third-order valence-corrected chi connectivity index (χ3v) is 3.99. The van der Waals surface area contributed by atoms with Gasteiger partial charge >= 0.3 is 0 Å². The molecule has 92 valence electrons. The van der Waals surface area contributed by atoms with Gasteiger partial charge in [-0.25, -0.2) is 0 Å². The summed E-state index contributed by atoms with van der Waals surface area (Å²) >= 11 is 0. The molecule has 0 aliphatic carbocycles. The van der Waals surface area contributed by atoms with Crippen molar-refractivity contribution in [3.63, 3.8) is 0 Å². The molecule has 1 atom stereocenters. The average molecular weight is 234 g/mol. The van der Waals surface area contributed by atoms with E-state index in [1.165, 1.54) is 38.5 Å². The summed E-state index contributed by atoms with van der Waals surface area (Å²) in [4.78, 5) is 0. The van der Waals surface area contributed by atoms with Gasteiger partial charge in [0, 0.05) is 28.9 Å². The quantitative estimate of drug-likeness (QED) is 0.558. The Balaban J connectivity index is 3.06. The van der Waals surface area contributed by atoms with Crippen molar-refractivity contribution in [2.45, 2.75) is 58.3 Å². The summed E-state index contributed by atoms with van der Waals surface area (Å²) in [5.74, 6) is 1.50. The highest BCUT2D eigenvalue weighted by molar-refractivity contribution is 7.84. The maximum Gasteiger partial charge on any atom is 0.0439 e. The lowest BCUT2D eigenvalue weighted by molar-refractivity contribution is 0.296. The Hall–Kier alpha value is 0.110. The van der Waals surface area contributed by atoms with Crippen LogP contribution in [0.25, 0.3) is 0 Å². The summed E-state index contributed by atoms with van der Waals surface area (Å²) in [7, 11) is -0.689. The van der Waals surface area contributed by atoms with Gasteiger partial charge in [-0.05, 0) is 12.8 Å². The number of rotatable bonds is 11. The van der Waals surface area contributed by atoms with Crippen molar-refractivity contribution >= 4 is 10.8 Å². The summed E-state index contributed by atoms with van der Waals surface area (Å²) in [6, 6.07) is 0. The lowest BCUT2D eigenvalue weighted by Crippen LogP contribution is -2.04. The Kier molecular flexibility index (Phi) is 12.3. The lowest BCUT2D eigenvalue weighted by Gasteiger charge is -2.01. The van der Waals surface area contributed by atoms with Gasteiger partial charge in [0.15, 0.2) is 0 Å². The number of hydrogen-bond acceptors (Lipinski definition) is 2. The first-order valence-electron chi connectivity index (χ1n) is 6.27. The van der Waals surface area contributed by atoms with E-state index in [2.05, 4.69) is 6.92 Å². The molecule has 0 aliphatic rings. The van der Waals surface area contributed by atoms with E-state index in [-0.39, 0.29) is 6.61 Å². The fraction of sp³-hybridized carbons (Fsp3) is 1.00. The second-order valence-corrected chi connectivity index (χ2v) is 5.74. The van der Waals surface area contributed by atoms with Crippen molar-refractivity contribution in [3.8, 4) is 0 Å². The van der Waals surface area contributed by atoms with Crippen LogP contribution in [0.2, 0.25) is 0 Å². The van der Waals surface area contributed by atoms with Gasteiger partial charge in [-0.1, -0.05) is 45.4 Å². The van der Waals surface area contributed by atoms with E-state index in [4.69, 9.17) is 5.11 Å². The number of unbranched alkanes of at least 4 members (excludes halogenated alkanes) is 6. The fourth-order valence-electron chi connectivity index (χ4n) is 1.55. The molecule has 1 unspecified atom stereocenters. The van der Waals surface area contributed by atoms with Gasteiger partial charge in [-0.3, -0.25) is 4.21 Å². The molecule has 0 rings (SSSR count). The van der Waals surface area contributed by atoms with E-state index in [1.807, 2.05) is 0 Å². The van der Waals surface area contributed by atoms with Gasteiger partial charge < -0.3 is 5.11 Å². The standard InChI is InChI=1S/C12H26O2S/c1-2-3-4-5-6-7-8-11-15(14)12-9-10-13/h13H,2-12H2,1H3. The van der Waals surface area contributed by atoms with Crippen LogP contribution in [0.15, 0.2) is 0 Å². The van der Waals surface area contributed by atoms with Crippen molar-refractivity contribution in [1.82, 2.24) is 0 Å². The van der Waals surface area contributed by atoms with Gasteiger partial charge in [-0.15, -0.1) is 0 Å². The zero-order chi connectivity index (χ0) is 11.4. The minimum Gasteiger partial charge on any atom is -0.396 e. The minimum atomic E-state index is -0.689. The molecule has 0 aromatic carbocycles. The SMILES string of the molecule is CCCCCCCCCS(=O)CCCO. The molecule has 0 aliphatic heterocycles. The molecular weight excluding hydrogens is 208 g/mol. The predicted octanol–water partition coefficient (Wildman–Crippen LogP) is 2.87. The topological polar surface area (TPSA) is 37.3 Å². The molecule has 15 heavy (non-hydrogen) atoms. The Morgan fingerprint density at radius 1 is 0.867 bits per heavy atom. The van der Waals surface area contributed by atoms with E-state index < -0.39 is 10.8 Å². The smallest absolute Gasteiger partial charge is 0.0439 e. The first-order valence-corrected chi connectivity index (χ1v) is 7.76. The molecule has 2 nitrogen and oxygen atoms in total. The Morgan fingerprint density at radius 2 is 1.40 bits per heavy atom. The van der Waals surface area contributed by atoms with E-state index in [0.29, 0.717) is 12.2 Å². The lowest BCUT2D eigenvalue weighted by atomic mass is 10.1. The van der Waals surface area contributed by atoms with E-state index >= 15 is 0 Å². The molecule has 0 fully saturated rings. The van der Waals surface area contributed by atoms with Gasteiger partial charge in [0.05, 0.1) is 0 Å². The predicted molar refractivity (Wildman–Crippen MR) is 67.6 cm³/mol. The molecule has 1 N–H and O–H groups in total. The van der Waals surface area contributed by atoms with Crippen molar-refractivity contribution in [2.24, 2.45) is 0 Å². The molecule has 0 spiro atoms. The van der Waals surface area contributed by atoms with E-state index in [0.717, 1.165) is 12.2 Å². The third kappa shape index (κ3) is 12.0. The fourth-order valence-corrected chi connectivity index (χ4v) is 2.73. The Labute approximate surface area is 96.9 Å². The Bertz CT molecular complexity index is 149. The molecule has 0 aromatic rings. The normalized spacial score (nSPS) is 12.9. The van der Waals surface area contributed by atoms with Gasteiger partial charge in [-0.2, -0.15) is 0 Å². The van der Waals surface area contributed by atoms with Crippen LogP contribution < -0.4 is 0 Å². The van der Waals surface area contributed by atoms with Crippen LogP contribution in [0.5, 0.6) is 0 Å². The summed E-state index contributed by atoms with van der Waals surface area (Å²) < 4.78 is 11.3. The van der Waals surface area contributed by atoms with Gasteiger partial charge in [0.25, 0.3) is 0 Å². The van der Waals surface area contributed by atoms with Crippen molar-refractivity contribution in [3.05, 3.63) is 0 Å². The van der Waals surface area contributed by atoms with E-state index in [9.17, 15) is 4.21 Å². The average Bonchev–Trinajstić information content (AvgIpc) is 2.25. The summed E-state index contributed by atoms with van der Waals surface area (Å²) in [6.07, 6.45) is 9.61. The number of aliphatic hydroxyl groups is 1. The molecule has 0 amide bonds. The monoisotopic (exact) mass is 234 g/mol. The Morgan fingerprint density at radius 3 is 2.00 bits per heavy atom. The van der Waals surface area contributed by atoms with E-state index in [1.54, 1.807) is 0 Å². The van der Waals surface area contributed by atoms with Crippen molar-refractivity contribution in [1.29, 1.82) is 0 Å². The van der Waals surface area contributed by atoms with Crippen LogP contribution in [0.1, 0.15) is 58.3 Å². The molecule has 0 saturated carbocycles. The first-order chi connectivity index (χ1) is 7.31. The summed E-state index contributed by atoms with van der Waals surface area (Å²) in [5, 5.41) is 8.57. The summed E-state index contributed by atoms with van der Waals surface area (Å²) in [5.41, 5.74) is 0. The van der Waals surface area contributed by atoms with Crippen molar-refractivity contribution in [2.75, 3.05) is 18.1 Å². The highest BCUT2D eigenvalue weighted by Crippen LogP contribution is 2.07. The van der Waals surface area contributed by atoms with Crippen LogP contribution >= 0.6 is 0 Å². The minimum absolute atomic E-state index is 0.169. The van der Waals surface area contributed by atoms with Gasteiger partial charge in [0.1, 0.15) is 0 Å². The number of aliphatic hydroxyl groups excluding tert-OH is 1. The molecule has 0 aromatic heterocycles. The second-order valence-electron chi connectivity index (χ2n) is 4.05. The highest BCUT2D eigenvalue weighted by atomic mass is 32.2.